The summed E-state index contributed by atoms with van der Waals surface area (Å²) in [6.07, 6.45) is 1.10. The van der Waals surface area contributed by atoms with Gasteiger partial charge in [-0.2, -0.15) is 0 Å². The predicted molar refractivity (Wildman–Crippen MR) is 71.9 cm³/mol. The topological polar surface area (TPSA) is 29.1 Å². The molecule has 1 aliphatic rings. The molecule has 0 spiro atoms. The molecule has 0 amide bonds. The highest BCUT2D eigenvalue weighted by molar-refractivity contribution is 6.01. The summed E-state index contributed by atoms with van der Waals surface area (Å²) in [6, 6.07) is 4.19. The van der Waals surface area contributed by atoms with Gasteiger partial charge in [-0.3, -0.25) is 4.79 Å². The molecule has 0 aliphatic carbocycles. The fourth-order valence-electron chi connectivity index (χ4n) is 2.89. The zero-order valence-corrected chi connectivity index (χ0v) is 11.3. The summed E-state index contributed by atoms with van der Waals surface area (Å²) in [7, 11) is 0. The number of nitrogens with one attached hydrogen (secondary N) is 1. The number of hydrogen-bond donors (Lipinski definition) is 1. The molecule has 0 unspecified atom stereocenters. The quantitative estimate of drug-likeness (QED) is 0.743. The van der Waals surface area contributed by atoms with Crippen LogP contribution in [-0.4, -0.2) is 11.3 Å². The Kier molecular flexibility index (Phi) is 2.76. The van der Waals surface area contributed by atoms with Gasteiger partial charge in [0.05, 0.1) is 0 Å². The van der Waals surface area contributed by atoms with Gasteiger partial charge in [-0.25, -0.2) is 0 Å². The minimum Gasteiger partial charge on any atom is -0.379 e. The van der Waals surface area contributed by atoms with Crippen LogP contribution in [-0.2, 0) is 0 Å². The number of carbonyl (C=O) groups is 1. The van der Waals surface area contributed by atoms with Crippen molar-refractivity contribution in [2.24, 2.45) is 0 Å². The molecule has 17 heavy (non-hydrogen) atoms. The average molecular weight is 231 g/mol. The predicted octanol–water partition coefficient (Wildman–Crippen LogP) is 3.90. The van der Waals surface area contributed by atoms with E-state index in [1.807, 2.05) is 6.07 Å². The molecule has 1 aliphatic heterocycles. The summed E-state index contributed by atoms with van der Waals surface area (Å²) in [4.78, 5) is 11.7. The number of Topliss-reactive ketones (excluding diaryl/α,β-unsaturated/α-hetero) is 1. The van der Waals surface area contributed by atoms with Crippen molar-refractivity contribution in [3.8, 4) is 0 Å². The van der Waals surface area contributed by atoms with Crippen molar-refractivity contribution in [3.05, 3.63) is 28.8 Å². The standard InChI is InChI=1S/C15H21NO/c1-9-6-12-10(2)8-15(4,5)16-14(12)13(7-9)11(3)17/h6-7,10,16H,8H2,1-5H3/t10-/m0/s1. The highest BCUT2D eigenvalue weighted by Crippen LogP contribution is 2.41. The number of fused-ring (bicyclic) bond motifs is 1. The molecule has 1 atom stereocenters. The molecule has 0 aromatic heterocycles. The van der Waals surface area contributed by atoms with E-state index in [1.54, 1.807) is 6.92 Å². The van der Waals surface area contributed by atoms with Crippen LogP contribution in [0.3, 0.4) is 0 Å². The SMILES string of the molecule is CC(=O)c1cc(C)cc2c1NC(C)(C)C[C@@H]2C. The summed E-state index contributed by atoms with van der Waals surface area (Å²) in [6.45, 7) is 10.3. The Morgan fingerprint density at radius 2 is 2.06 bits per heavy atom. The summed E-state index contributed by atoms with van der Waals surface area (Å²) >= 11 is 0. The maximum Gasteiger partial charge on any atom is 0.161 e. The van der Waals surface area contributed by atoms with E-state index >= 15 is 0 Å². The van der Waals surface area contributed by atoms with Crippen LogP contribution in [0.15, 0.2) is 12.1 Å². The Morgan fingerprint density at radius 3 is 2.65 bits per heavy atom. The van der Waals surface area contributed by atoms with Gasteiger partial charge in [-0.15, -0.1) is 0 Å². The third-order valence-corrected chi connectivity index (χ3v) is 3.50. The molecule has 0 saturated carbocycles. The van der Waals surface area contributed by atoms with Crippen LogP contribution in [0.25, 0.3) is 0 Å². The van der Waals surface area contributed by atoms with E-state index in [0.717, 1.165) is 17.7 Å². The first kappa shape index (κ1) is 12.2. The van der Waals surface area contributed by atoms with Crippen molar-refractivity contribution < 1.29 is 4.79 Å². The van der Waals surface area contributed by atoms with Gasteiger partial charge < -0.3 is 5.32 Å². The Bertz CT molecular complexity index is 474. The van der Waals surface area contributed by atoms with Crippen molar-refractivity contribution in [3.63, 3.8) is 0 Å². The highest BCUT2D eigenvalue weighted by atomic mass is 16.1. The largest absolute Gasteiger partial charge is 0.379 e. The first-order chi connectivity index (χ1) is 7.80. The van der Waals surface area contributed by atoms with E-state index in [0.29, 0.717) is 5.92 Å². The smallest absolute Gasteiger partial charge is 0.161 e. The second kappa shape index (κ2) is 3.86. The zero-order chi connectivity index (χ0) is 12.8. The van der Waals surface area contributed by atoms with Gasteiger partial charge in [0.1, 0.15) is 0 Å². The highest BCUT2D eigenvalue weighted by Gasteiger charge is 2.31. The summed E-state index contributed by atoms with van der Waals surface area (Å²) < 4.78 is 0. The van der Waals surface area contributed by atoms with E-state index in [-0.39, 0.29) is 11.3 Å². The molecular formula is C15H21NO. The molecule has 2 rings (SSSR count). The number of benzene rings is 1. The Morgan fingerprint density at radius 1 is 1.41 bits per heavy atom. The molecule has 1 N–H and O–H groups in total. The van der Waals surface area contributed by atoms with Gasteiger partial charge in [-0.1, -0.05) is 13.0 Å². The summed E-state index contributed by atoms with van der Waals surface area (Å²) in [5, 5.41) is 3.52. The fourth-order valence-corrected chi connectivity index (χ4v) is 2.89. The number of ketones is 1. The third kappa shape index (κ3) is 2.21. The van der Waals surface area contributed by atoms with Gasteiger partial charge in [0, 0.05) is 16.8 Å². The lowest BCUT2D eigenvalue weighted by Crippen LogP contribution is -2.37. The van der Waals surface area contributed by atoms with Crippen molar-refractivity contribution in [1.82, 2.24) is 0 Å². The van der Waals surface area contributed by atoms with Crippen LogP contribution >= 0.6 is 0 Å². The Balaban J connectivity index is 2.63. The Labute approximate surface area is 103 Å². The van der Waals surface area contributed by atoms with E-state index in [2.05, 4.69) is 39.1 Å². The lowest BCUT2D eigenvalue weighted by Gasteiger charge is -2.38. The molecule has 2 heteroatoms. The van der Waals surface area contributed by atoms with Gasteiger partial charge in [0.25, 0.3) is 0 Å². The minimum atomic E-state index is 0.0614. The number of anilines is 1. The van der Waals surface area contributed by atoms with Crippen molar-refractivity contribution in [2.45, 2.75) is 52.5 Å². The molecule has 1 heterocycles. The van der Waals surface area contributed by atoms with Crippen molar-refractivity contribution >= 4 is 11.5 Å². The maximum absolute atomic E-state index is 11.7. The number of aryl methyl sites for hydroxylation is 1. The molecule has 92 valence electrons. The van der Waals surface area contributed by atoms with Crippen molar-refractivity contribution in [2.75, 3.05) is 5.32 Å². The van der Waals surface area contributed by atoms with Crippen LogP contribution in [0.2, 0.25) is 0 Å². The molecule has 1 aromatic rings. The molecule has 0 bridgehead atoms. The van der Waals surface area contributed by atoms with Crippen LogP contribution in [0.5, 0.6) is 0 Å². The van der Waals surface area contributed by atoms with Crippen LogP contribution in [0, 0.1) is 6.92 Å². The van der Waals surface area contributed by atoms with E-state index in [1.165, 1.54) is 11.1 Å². The normalized spacial score (nSPS) is 21.6. The van der Waals surface area contributed by atoms with Gasteiger partial charge in [-0.05, 0) is 57.2 Å². The number of hydrogen-bond acceptors (Lipinski definition) is 2. The monoisotopic (exact) mass is 231 g/mol. The van der Waals surface area contributed by atoms with E-state index in [4.69, 9.17) is 0 Å². The first-order valence-electron chi connectivity index (χ1n) is 6.24. The maximum atomic E-state index is 11.7. The molecular weight excluding hydrogens is 210 g/mol. The second-order valence-corrected chi connectivity index (χ2v) is 5.95. The molecule has 2 nitrogen and oxygen atoms in total. The van der Waals surface area contributed by atoms with Gasteiger partial charge in [0.2, 0.25) is 0 Å². The lowest BCUT2D eigenvalue weighted by molar-refractivity contribution is 0.101. The third-order valence-electron chi connectivity index (χ3n) is 3.50. The van der Waals surface area contributed by atoms with Crippen LogP contribution in [0.1, 0.15) is 61.5 Å². The van der Waals surface area contributed by atoms with Gasteiger partial charge in [0.15, 0.2) is 5.78 Å². The summed E-state index contributed by atoms with van der Waals surface area (Å²) in [5.41, 5.74) is 4.40. The zero-order valence-electron chi connectivity index (χ0n) is 11.3. The number of rotatable bonds is 1. The molecule has 1 aromatic carbocycles. The fraction of sp³-hybridized carbons (Fsp3) is 0.533. The minimum absolute atomic E-state index is 0.0614. The molecule has 0 radical (unpaired) electrons. The molecule has 0 fully saturated rings. The van der Waals surface area contributed by atoms with E-state index < -0.39 is 0 Å². The van der Waals surface area contributed by atoms with E-state index in [9.17, 15) is 4.79 Å². The van der Waals surface area contributed by atoms with Crippen LogP contribution < -0.4 is 5.32 Å². The number of carbonyl (C=O) groups excluding carboxylic acids is 1. The molecule has 0 saturated heterocycles. The van der Waals surface area contributed by atoms with Gasteiger partial charge >= 0.3 is 0 Å². The Hall–Kier alpha value is -1.31. The van der Waals surface area contributed by atoms with Crippen LogP contribution in [0.4, 0.5) is 5.69 Å². The van der Waals surface area contributed by atoms with Crippen molar-refractivity contribution in [1.29, 1.82) is 0 Å². The lowest BCUT2D eigenvalue weighted by atomic mass is 9.80. The summed E-state index contributed by atoms with van der Waals surface area (Å²) in [5.74, 6) is 0.640. The average Bonchev–Trinajstić information content (AvgIpc) is 2.17. The first-order valence-corrected chi connectivity index (χ1v) is 6.24. The second-order valence-electron chi connectivity index (χ2n) is 5.95.